The summed E-state index contributed by atoms with van der Waals surface area (Å²) in [6.07, 6.45) is 15.4. The summed E-state index contributed by atoms with van der Waals surface area (Å²) >= 11 is 2.11. The number of allylic oxidation sites excluding steroid dienone is 4. The van der Waals surface area contributed by atoms with Crippen molar-refractivity contribution in [2.24, 2.45) is 0 Å². The monoisotopic (exact) mass is 308 g/mol. The molecule has 2 aliphatic carbocycles. The maximum atomic E-state index is 2.31. The lowest BCUT2D eigenvalue weighted by atomic mass is 9.90. The summed E-state index contributed by atoms with van der Waals surface area (Å²) in [7, 11) is 0. The van der Waals surface area contributed by atoms with Crippen LogP contribution >= 0.6 is 11.8 Å². The SMILES string of the molecule is C1CCC2=C(C1)CCS2.CC.CCCC1=C(C)CCCC1. The summed E-state index contributed by atoms with van der Waals surface area (Å²) in [6.45, 7) is 8.58. The number of hydrogen-bond donors (Lipinski definition) is 0. The molecule has 0 amide bonds. The fraction of sp³-hybridized carbons (Fsp3) is 0.800. The molecule has 0 saturated heterocycles. The van der Waals surface area contributed by atoms with Gasteiger partial charge in [-0.05, 0) is 76.0 Å². The van der Waals surface area contributed by atoms with Crippen molar-refractivity contribution in [3.63, 3.8) is 0 Å². The van der Waals surface area contributed by atoms with E-state index in [9.17, 15) is 0 Å². The predicted octanol–water partition coefficient (Wildman–Crippen LogP) is 7.65. The molecular formula is C20H36S. The highest BCUT2D eigenvalue weighted by atomic mass is 32.2. The molecule has 0 radical (unpaired) electrons. The minimum Gasteiger partial charge on any atom is -0.130 e. The van der Waals surface area contributed by atoms with Crippen molar-refractivity contribution in [1.29, 1.82) is 0 Å². The highest BCUT2D eigenvalue weighted by Crippen LogP contribution is 2.40. The topological polar surface area (TPSA) is 0 Å². The van der Waals surface area contributed by atoms with Gasteiger partial charge in [0.15, 0.2) is 0 Å². The van der Waals surface area contributed by atoms with E-state index < -0.39 is 0 Å². The molecule has 0 aromatic carbocycles. The van der Waals surface area contributed by atoms with Gasteiger partial charge < -0.3 is 0 Å². The van der Waals surface area contributed by atoms with Crippen LogP contribution in [0, 0.1) is 0 Å². The molecule has 0 saturated carbocycles. The van der Waals surface area contributed by atoms with Crippen LogP contribution in [0.4, 0.5) is 0 Å². The fourth-order valence-electron chi connectivity index (χ4n) is 3.44. The van der Waals surface area contributed by atoms with Crippen LogP contribution in [0.15, 0.2) is 21.6 Å². The summed E-state index contributed by atoms with van der Waals surface area (Å²) < 4.78 is 0. The molecule has 0 aromatic heterocycles. The third-order valence-electron chi connectivity index (χ3n) is 4.64. The molecule has 0 bridgehead atoms. The first-order chi connectivity index (χ1) is 10.3. The molecule has 0 unspecified atom stereocenters. The van der Waals surface area contributed by atoms with E-state index in [1.165, 1.54) is 76.4 Å². The molecule has 0 spiro atoms. The van der Waals surface area contributed by atoms with Gasteiger partial charge in [-0.1, -0.05) is 43.9 Å². The Morgan fingerprint density at radius 3 is 2.19 bits per heavy atom. The number of thioether (sulfide) groups is 1. The normalized spacial score (nSPS) is 21.1. The Labute approximate surface area is 137 Å². The van der Waals surface area contributed by atoms with Crippen molar-refractivity contribution in [3.8, 4) is 0 Å². The van der Waals surface area contributed by atoms with Crippen LogP contribution in [-0.4, -0.2) is 5.75 Å². The Morgan fingerprint density at radius 2 is 1.52 bits per heavy atom. The molecule has 21 heavy (non-hydrogen) atoms. The second-order valence-electron chi connectivity index (χ2n) is 6.17. The second kappa shape index (κ2) is 11.4. The molecule has 1 heteroatoms. The smallest absolute Gasteiger partial charge is 0.00144 e. The Hall–Kier alpha value is -0.170. The van der Waals surface area contributed by atoms with Crippen molar-refractivity contribution in [1.82, 2.24) is 0 Å². The van der Waals surface area contributed by atoms with Crippen molar-refractivity contribution in [2.45, 2.75) is 98.3 Å². The zero-order chi connectivity index (χ0) is 15.5. The Balaban J connectivity index is 0.000000188. The van der Waals surface area contributed by atoms with Gasteiger partial charge in [0.05, 0.1) is 0 Å². The van der Waals surface area contributed by atoms with E-state index >= 15 is 0 Å². The minimum absolute atomic E-state index is 1.33. The zero-order valence-electron chi connectivity index (χ0n) is 14.9. The van der Waals surface area contributed by atoms with Gasteiger partial charge in [-0.15, -0.1) is 11.8 Å². The van der Waals surface area contributed by atoms with Crippen molar-refractivity contribution in [2.75, 3.05) is 5.75 Å². The fourth-order valence-corrected chi connectivity index (χ4v) is 4.73. The van der Waals surface area contributed by atoms with Crippen LogP contribution in [-0.2, 0) is 0 Å². The Morgan fingerprint density at radius 1 is 0.857 bits per heavy atom. The lowest BCUT2D eigenvalue weighted by Gasteiger charge is -2.16. The highest BCUT2D eigenvalue weighted by molar-refractivity contribution is 8.03. The molecule has 0 N–H and O–H groups in total. The van der Waals surface area contributed by atoms with Gasteiger partial charge in [-0.3, -0.25) is 0 Å². The van der Waals surface area contributed by atoms with Crippen molar-refractivity contribution >= 4 is 11.8 Å². The summed E-state index contributed by atoms with van der Waals surface area (Å²) in [5.41, 5.74) is 5.24. The lowest BCUT2D eigenvalue weighted by Crippen LogP contribution is -1.96. The molecule has 0 nitrogen and oxygen atoms in total. The average molecular weight is 309 g/mol. The zero-order valence-corrected chi connectivity index (χ0v) is 15.7. The predicted molar refractivity (Wildman–Crippen MR) is 100.0 cm³/mol. The molecule has 0 aromatic rings. The van der Waals surface area contributed by atoms with E-state index in [1.54, 1.807) is 21.6 Å². The minimum atomic E-state index is 1.33. The summed E-state index contributed by atoms with van der Waals surface area (Å²) in [4.78, 5) is 1.75. The third-order valence-corrected chi connectivity index (χ3v) is 5.89. The summed E-state index contributed by atoms with van der Waals surface area (Å²) in [5.74, 6) is 1.38. The van der Waals surface area contributed by atoms with Crippen molar-refractivity contribution < 1.29 is 0 Å². The number of rotatable bonds is 2. The molecule has 3 rings (SSSR count). The van der Waals surface area contributed by atoms with Crippen LogP contribution in [0.3, 0.4) is 0 Å². The van der Waals surface area contributed by atoms with Crippen LogP contribution in [0.2, 0.25) is 0 Å². The molecule has 0 atom stereocenters. The van der Waals surface area contributed by atoms with Crippen LogP contribution in [0.1, 0.15) is 98.3 Å². The van der Waals surface area contributed by atoms with E-state index in [2.05, 4.69) is 25.6 Å². The first-order valence-electron chi connectivity index (χ1n) is 9.32. The average Bonchev–Trinajstić information content (AvgIpc) is 3.01. The van der Waals surface area contributed by atoms with E-state index in [1.807, 2.05) is 13.8 Å². The van der Waals surface area contributed by atoms with Gasteiger partial charge >= 0.3 is 0 Å². The van der Waals surface area contributed by atoms with Gasteiger partial charge in [-0.25, -0.2) is 0 Å². The largest absolute Gasteiger partial charge is 0.130 e. The molecule has 3 aliphatic rings. The molecule has 122 valence electrons. The Kier molecular flexibility index (Phi) is 10.3. The van der Waals surface area contributed by atoms with Crippen LogP contribution in [0.5, 0.6) is 0 Å². The van der Waals surface area contributed by atoms with Gasteiger partial charge in [0.25, 0.3) is 0 Å². The Bertz CT molecular complexity index is 333. The first kappa shape index (κ1) is 18.9. The first-order valence-corrected chi connectivity index (χ1v) is 10.3. The number of hydrogen-bond acceptors (Lipinski definition) is 1. The summed E-state index contributed by atoms with van der Waals surface area (Å²) in [6, 6.07) is 0. The van der Waals surface area contributed by atoms with Gasteiger partial charge in [0, 0.05) is 5.75 Å². The third kappa shape index (κ3) is 6.63. The van der Waals surface area contributed by atoms with E-state index in [4.69, 9.17) is 0 Å². The van der Waals surface area contributed by atoms with E-state index in [0.717, 1.165) is 0 Å². The van der Waals surface area contributed by atoms with Crippen LogP contribution < -0.4 is 0 Å². The molecular weight excluding hydrogens is 272 g/mol. The van der Waals surface area contributed by atoms with Gasteiger partial charge in [0.1, 0.15) is 0 Å². The second-order valence-corrected chi connectivity index (χ2v) is 7.36. The standard InChI is InChI=1S/C10H18.C8H12S.C2H6/c1-3-6-10-8-5-4-7-9(10)2;1-2-4-8-7(3-1)5-6-9-8;1-2/h3-8H2,1-2H3;1-6H2;1-2H3. The van der Waals surface area contributed by atoms with E-state index in [0.29, 0.717) is 0 Å². The highest BCUT2D eigenvalue weighted by Gasteiger charge is 2.17. The quantitative estimate of drug-likeness (QED) is 0.472. The summed E-state index contributed by atoms with van der Waals surface area (Å²) in [5, 5.41) is 0. The molecule has 0 fully saturated rings. The maximum absolute atomic E-state index is 2.31. The molecule has 1 heterocycles. The van der Waals surface area contributed by atoms with Gasteiger partial charge in [0.2, 0.25) is 0 Å². The maximum Gasteiger partial charge on any atom is 0.00144 e. The lowest BCUT2D eigenvalue weighted by molar-refractivity contribution is 0.643. The van der Waals surface area contributed by atoms with Gasteiger partial charge in [-0.2, -0.15) is 0 Å². The van der Waals surface area contributed by atoms with E-state index in [-0.39, 0.29) is 0 Å². The molecule has 1 aliphatic heterocycles. The van der Waals surface area contributed by atoms with Crippen LogP contribution in [0.25, 0.3) is 0 Å². The van der Waals surface area contributed by atoms with Crippen molar-refractivity contribution in [3.05, 3.63) is 21.6 Å².